The molecule has 0 radical (unpaired) electrons. The maximum atomic E-state index is 2.52. The summed E-state index contributed by atoms with van der Waals surface area (Å²) in [4.78, 5) is 0. The van der Waals surface area contributed by atoms with Crippen molar-refractivity contribution in [1.82, 2.24) is 0 Å². The second-order valence-corrected chi connectivity index (χ2v) is 6.79. The lowest BCUT2D eigenvalue weighted by Crippen LogP contribution is -2.29. The molecule has 1 saturated carbocycles. The lowest BCUT2D eigenvalue weighted by Gasteiger charge is -2.43. The van der Waals surface area contributed by atoms with Gasteiger partial charge in [-0.3, -0.25) is 0 Å². The third-order valence-electron chi connectivity index (χ3n) is 4.77. The van der Waals surface area contributed by atoms with Crippen LogP contribution in [0.3, 0.4) is 0 Å². The van der Waals surface area contributed by atoms with E-state index in [2.05, 4.69) is 28.6 Å². The minimum atomic E-state index is 0.478. The molecule has 0 N–H and O–H groups in total. The summed E-state index contributed by atoms with van der Waals surface area (Å²) >= 11 is 0. The van der Waals surface area contributed by atoms with Crippen molar-refractivity contribution in [2.45, 2.75) is 83.9 Å². The second-order valence-electron chi connectivity index (χ2n) is 6.79. The highest BCUT2D eigenvalue weighted by Crippen LogP contribution is 2.51. The van der Waals surface area contributed by atoms with Gasteiger partial charge in [0, 0.05) is 0 Å². The molecule has 0 nitrogen and oxygen atoms in total. The van der Waals surface area contributed by atoms with Gasteiger partial charge in [0.25, 0.3) is 0 Å². The Bertz CT molecular complexity index is 168. The Kier molecular flexibility index (Phi) is 4.74. The minimum Gasteiger partial charge on any atom is -0.0603 e. The zero-order chi connectivity index (χ0) is 11.4. The van der Waals surface area contributed by atoms with Gasteiger partial charge in [0.15, 0.2) is 0 Å². The van der Waals surface area contributed by atoms with Gasteiger partial charge in [0.05, 0.1) is 0 Å². The van der Waals surface area contributed by atoms with Crippen LogP contribution in [0.2, 0.25) is 5.31 Å². The summed E-state index contributed by atoms with van der Waals surface area (Å²) < 4.78 is 0. The van der Waals surface area contributed by atoms with E-state index in [1.54, 1.807) is 0 Å². The van der Waals surface area contributed by atoms with Crippen molar-refractivity contribution in [3.8, 4) is 0 Å². The summed E-state index contributed by atoms with van der Waals surface area (Å²) in [6.07, 6.45) is 13.1. The van der Waals surface area contributed by atoms with Crippen LogP contribution in [0, 0.1) is 5.41 Å². The first-order valence-electron chi connectivity index (χ1n) is 6.96. The quantitative estimate of drug-likeness (QED) is 0.519. The van der Waals surface area contributed by atoms with E-state index in [0.29, 0.717) is 10.7 Å². The van der Waals surface area contributed by atoms with E-state index in [4.69, 9.17) is 0 Å². The average molecular weight is 208 g/mol. The lowest BCUT2D eigenvalue weighted by atomic mass is 9.50. The van der Waals surface area contributed by atoms with Crippen LogP contribution in [0.5, 0.6) is 0 Å². The normalized spacial score (nSPS) is 24.7. The van der Waals surface area contributed by atoms with Crippen molar-refractivity contribution in [2.24, 2.45) is 5.41 Å². The summed E-state index contributed by atoms with van der Waals surface area (Å²) in [6, 6.07) is 0. The van der Waals surface area contributed by atoms with Crippen LogP contribution in [-0.2, 0) is 0 Å². The highest BCUT2D eigenvalue weighted by Gasteiger charge is 2.35. The van der Waals surface area contributed by atoms with Gasteiger partial charge in [-0.15, -0.1) is 0 Å². The molecule has 1 fully saturated rings. The van der Waals surface area contributed by atoms with Crippen LogP contribution in [0.15, 0.2) is 0 Å². The second kappa shape index (κ2) is 5.41. The molecular formula is C14H29B. The Hall–Kier alpha value is 0.0649. The summed E-state index contributed by atoms with van der Waals surface area (Å²) in [5.41, 5.74) is 0.478. The van der Waals surface area contributed by atoms with Gasteiger partial charge in [-0.25, -0.2) is 0 Å². The first-order chi connectivity index (χ1) is 6.96. The lowest BCUT2D eigenvalue weighted by molar-refractivity contribution is 0.218. The van der Waals surface area contributed by atoms with E-state index in [0.717, 1.165) is 0 Å². The molecule has 0 aliphatic heterocycles. The number of hydrogen-bond acceptors (Lipinski definition) is 0. The first kappa shape index (κ1) is 13.1. The van der Waals surface area contributed by atoms with E-state index in [1.807, 2.05) is 0 Å². The van der Waals surface area contributed by atoms with Gasteiger partial charge >= 0.3 is 0 Å². The molecule has 15 heavy (non-hydrogen) atoms. The highest BCUT2D eigenvalue weighted by atomic mass is 14.4. The molecule has 0 amide bonds. The third-order valence-corrected chi connectivity index (χ3v) is 4.77. The van der Waals surface area contributed by atoms with E-state index in [9.17, 15) is 0 Å². The fraction of sp³-hybridized carbons (Fsp3) is 1.00. The molecule has 0 atom stereocenters. The van der Waals surface area contributed by atoms with Crippen molar-refractivity contribution in [2.75, 3.05) is 0 Å². The highest BCUT2D eigenvalue weighted by molar-refractivity contribution is 6.15. The van der Waals surface area contributed by atoms with Crippen LogP contribution in [0.1, 0.15) is 78.6 Å². The Balaban J connectivity index is 2.58. The minimum absolute atomic E-state index is 0.478. The maximum absolute atomic E-state index is 2.52. The van der Waals surface area contributed by atoms with Crippen LogP contribution < -0.4 is 0 Å². The summed E-state index contributed by atoms with van der Waals surface area (Å²) in [5, 5.41) is 0.574. The van der Waals surface area contributed by atoms with Gasteiger partial charge < -0.3 is 0 Å². The topological polar surface area (TPSA) is 0 Å². The molecule has 0 aromatic rings. The van der Waals surface area contributed by atoms with E-state index < -0.39 is 0 Å². The molecule has 1 aliphatic carbocycles. The predicted octanol–water partition coefficient (Wildman–Crippen LogP) is 4.35. The number of hydrogen-bond donors (Lipinski definition) is 0. The molecule has 0 saturated heterocycles. The zero-order valence-electron chi connectivity index (χ0n) is 11.4. The largest absolute Gasteiger partial charge is 0.110 e. The monoisotopic (exact) mass is 208 g/mol. The molecule has 0 aromatic heterocycles. The molecular weight excluding hydrogens is 179 g/mol. The molecule has 0 aromatic carbocycles. The molecule has 0 bridgehead atoms. The Morgan fingerprint density at radius 2 is 1.07 bits per heavy atom. The molecule has 1 heteroatoms. The van der Waals surface area contributed by atoms with Gasteiger partial charge in [-0.2, -0.15) is 0 Å². The van der Waals surface area contributed by atoms with E-state index in [-0.39, 0.29) is 0 Å². The summed E-state index contributed by atoms with van der Waals surface area (Å²) in [7, 11) is 2.52. The smallest absolute Gasteiger partial charge is 0.0603 e. The summed E-state index contributed by atoms with van der Waals surface area (Å²) in [5.74, 6) is 0. The molecule has 1 aliphatic rings. The Labute approximate surface area is 97.6 Å². The Morgan fingerprint density at radius 3 is 1.40 bits per heavy atom. The fourth-order valence-electron chi connectivity index (χ4n) is 2.79. The fourth-order valence-corrected chi connectivity index (χ4v) is 2.79. The van der Waals surface area contributed by atoms with E-state index in [1.165, 1.54) is 57.8 Å². The van der Waals surface area contributed by atoms with Crippen LogP contribution in [0.4, 0.5) is 0 Å². The van der Waals surface area contributed by atoms with Crippen LogP contribution >= 0.6 is 0 Å². The van der Waals surface area contributed by atoms with Crippen molar-refractivity contribution in [3.63, 3.8) is 0 Å². The third kappa shape index (κ3) is 3.85. The first-order valence-corrected chi connectivity index (χ1v) is 6.96. The van der Waals surface area contributed by atoms with Gasteiger partial charge in [0.2, 0.25) is 0 Å². The van der Waals surface area contributed by atoms with Crippen molar-refractivity contribution in [3.05, 3.63) is 0 Å². The SMILES string of the molecule is BC1(C(C)(C)C)CCCCCCCCC1. The van der Waals surface area contributed by atoms with Crippen LogP contribution in [-0.4, -0.2) is 7.85 Å². The van der Waals surface area contributed by atoms with Gasteiger partial charge in [-0.1, -0.05) is 83.9 Å². The number of rotatable bonds is 0. The molecule has 0 unspecified atom stereocenters. The standard InChI is InChI=1S/C14H29B/c1-13(2,3)14(15)11-9-7-5-4-6-8-10-12-14/h4-12,15H2,1-3H3. The maximum Gasteiger partial charge on any atom is 0.110 e. The van der Waals surface area contributed by atoms with Crippen molar-refractivity contribution in [1.29, 1.82) is 0 Å². The van der Waals surface area contributed by atoms with Crippen LogP contribution in [0.25, 0.3) is 0 Å². The summed E-state index contributed by atoms with van der Waals surface area (Å²) in [6.45, 7) is 7.29. The molecule has 1 rings (SSSR count). The zero-order valence-corrected chi connectivity index (χ0v) is 11.4. The molecule has 0 heterocycles. The van der Waals surface area contributed by atoms with Crippen molar-refractivity contribution >= 4 is 7.85 Å². The van der Waals surface area contributed by atoms with Gasteiger partial charge in [-0.05, 0) is 5.41 Å². The van der Waals surface area contributed by atoms with Crippen molar-refractivity contribution < 1.29 is 0 Å². The van der Waals surface area contributed by atoms with Gasteiger partial charge in [0.1, 0.15) is 7.85 Å². The average Bonchev–Trinajstić information content (AvgIpc) is 2.14. The molecule has 0 spiro atoms. The Morgan fingerprint density at radius 1 is 0.733 bits per heavy atom. The molecule has 88 valence electrons. The predicted molar refractivity (Wildman–Crippen MR) is 72.2 cm³/mol. The van der Waals surface area contributed by atoms with E-state index >= 15 is 0 Å².